The zero-order valence-corrected chi connectivity index (χ0v) is 7.86. The van der Waals surface area contributed by atoms with Crippen LogP contribution in [0.2, 0.25) is 0 Å². The van der Waals surface area contributed by atoms with Crippen LogP contribution in [-0.2, 0) is 20.9 Å². The van der Waals surface area contributed by atoms with E-state index in [4.69, 9.17) is 14.2 Å². The Morgan fingerprint density at radius 1 is 1.64 bits per heavy atom. The highest BCUT2D eigenvalue weighted by atomic mass is 32.5. The van der Waals surface area contributed by atoms with Gasteiger partial charge in [0.05, 0.1) is 19.8 Å². The molecule has 1 heterocycles. The predicted molar refractivity (Wildman–Crippen MR) is 41.4 cm³/mol. The summed E-state index contributed by atoms with van der Waals surface area (Å²) in [6.07, 6.45) is 0. The topological polar surface area (TPSA) is 61.8 Å². The zero-order valence-electron chi connectivity index (χ0n) is 6.15. The van der Waals surface area contributed by atoms with Gasteiger partial charge in [0.15, 0.2) is 0 Å². The first-order valence-corrected chi connectivity index (χ1v) is 5.74. The maximum Gasteiger partial charge on any atom is 0.115 e. The first-order valence-electron chi connectivity index (χ1n) is 3.18. The van der Waals surface area contributed by atoms with E-state index in [-0.39, 0.29) is 19.8 Å². The summed E-state index contributed by atoms with van der Waals surface area (Å²) in [5.41, 5.74) is -0.452. The van der Waals surface area contributed by atoms with Crippen LogP contribution in [0.25, 0.3) is 0 Å². The van der Waals surface area contributed by atoms with Crippen LogP contribution in [0.15, 0.2) is 0 Å². The van der Waals surface area contributed by atoms with Crippen molar-refractivity contribution < 1.29 is 19.0 Å². The van der Waals surface area contributed by atoms with Crippen LogP contribution in [-0.4, -0.2) is 24.9 Å². The maximum absolute atomic E-state index is 10.9. The molecule has 4 nitrogen and oxygen atoms in total. The molecule has 1 rings (SSSR count). The Hall–Kier alpha value is 0.490. The summed E-state index contributed by atoms with van der Waals surface area (Å²) in [4.78, 5) is 10.9. The van der Waals surface area contributed by atoms with Gasteiger partial charge in [-0.1, -0.05) is 18.7 Å². The number of hydrogen-bond donors (Lipinski definition) is 1. The Morgan fingerprint density at radius 3 is 2.45 bits per heavy atom. The summed E-state index contributed by atoms with van der Waals surface area (Å²) in [6.45, 7) is -1.08. The average molecular weight is 197 g/mol. The molecule has 0 spiro atoms. The molecule has 1 fully saturated rings. The lowest BCUT2D eigenvalue weighted by Crippen LogP contribution is -2.37. The van der Waals surface area contributed by atoms with E-state index in [0.717, 1.165) is 0 Å². The van der Waals surface area contributed by atoms with Crippen LogP contribution >= 0.6 is 6.72 Å². The smallest absolute Gasteiger partial charge is 0.115 e. The van der Waals surface area contributed by atoms with Gasteiger partial charge in [-0.3, -0.25) is 0 Å². The van der Waals surface area contributed by atoms with Gasteiger partial charge in [-0.05, 0) is 0 Å². The molecule has 0 aliphatic carbocycles. The van der Waals surface area contributed by atoms with Gasteiger partial charge >= 0.3 is 0 Å². The molecule has 0 bridgehead atoms. The summed E-state index contributed by atoms with van der Waals surface area (Å²) in [6, 6.07) is 0. The van der Waals surface area contributed by atoms with Crippen molar-refractivity contribution in [3.8, 4) is 0 Å². The van der Waals surface area contributed by atoms with Gasteiger partial charge in [0.2, 0.25) is 0 Å². The Balaban J connectivity index is 2.54. The molecule has 0 unspecified atom stereocenters. The number of rotatable bonds is 1. The Bertz CT molecular complexity index is 183. The zero-order chi connectivity index (χ0) is 8.54. The molecule has 1 aliphatic rings. The molecule has 1 saturated heterocycles. The highest BCUT2D eigenvalue weighted by molar-refractivity contribution is 8.06. The SMILES string of the molecule is CC1(CO)COP([O-])(=S)OC1. The fourth-order valence-electron chi connectivity index (χ4n) is 0.640. The quantitative estimate of drug-likeness (QED) is 0.580. The first-order chi connectivity index (χ1) is 4.97. The normalized spacial score (nSPS) is 45.7. The van der Waals surface area contributed by atoms with E-state index in [1.54, 1.807) is 6.92 Å². The fourth-order valence-corrected chi connectivity index (χ4v) is 1.97. The summed E-state index contributed by atoms with van der Waals surface area (Å²) in [5, 5.41) is 8.84. The van der Waals surface area contributed by atoms with Gasteiger partial charge < -0.3 is 19.0 Å². The van der Waals surface area contributed by atoms with Crippen LogP contribution in [0.4, 0.5) is 0 Å². The monoisotopic (exact) mass is 197 g/mol. The van der Waals surface area contributed by atoms with Crippen molar-refractivity contribution >= 4 is 18.5 Å². The summed E-state index contributed by atoms with van der Waals surface area (Å²) >= 11 is 4.47. The minimum absolute atomic E-state index is 0.0532. The number of hydrogen-bond acceptors (Lipinski definition) is 5. The Labute approximate surface area is 70.4 Å². The Kier molecular flexibility index (Phi) is 2.69. The lowest BCUT2D eigenvalue weighted by atomic mass is 9.95. The van der Waals surface area contributed by atoms with Crippen molar-refractivity contribution in [1.82, 2.24) is 0 Å². The molecule has 6 heteroatoms. The van der Waals surface area contributed by atoms with Crippen LogP contribution < -0.4 is 4.89 Å². The van der Waals surface area contributed by atoms with E-state index in [1.807, 2.05) is 0 Å². The van der Waals surface area contributed by atoms with E-state index >= 15 is 0 Å². The third kappa shape index (κ3) is 2.47. The summed E-state index contributed by atoms with van der Waals surface area (Å²) < 4.78 is 9.52. The van der Waals surface area contributed by atoms with Crippen molar-refractivity contribution in [2.45, 2.75) is 6.92 Å². The second-order valence-corrected chi connectivity index (χ2v) is 5.72. The minimum Gasteiger partial charge on any atom is -0.780 e. The molecule has 0 aromatic heterocycles. The molecule has 0 radical (unpaired) electrons. The van der Waals surface area contributed by atoms with Crippen molar-refractivity contribution in [3.05, 3.63) is 0 Å². The van der Waals surface area contributed by atoms with E-state index in [0.29, 0.717) is 0 Å². The second kappa shape index (κ2) is 3.09. The van der Waals surface area contributed by atoms with Gasteiger partial charge in [0.25, 0.3) is 0 Å². The van der Waals surface area contributed by atoms with Crippen molar-refractivity contribution in [1.29, 1.82) is 0 Å². The molecule has 0 saturated carbocycles. The van der Waals surface area contributed by atoms with Gasteiger partial charge in [-0.25, -0.2) is 0 Å². The molecule has 0 atom stereocenters. The largest absolute Gasteiger partial charge is 0.780 e. The van der Waals surface area contributed by atoms with Gasteiger partial charge in [-0.15, -0.1) is 0 Å². The maximum atomic E-state index is 10.9. The first kappa shape index (κ1) is 9.58. The minimum atomic E-state index is -3.21. The van der Waals surface area contributed by atoms with E-state index in [2.05, 4.69) is 11.8 Å². The highest BCUT2D eigenvalue weighted by Gasteiger charge is 2.31. The fraction of sp³-hybridized carbons (Fsp3) is 1.00. The number of aliphatic hydroxyl groups is 1. The lowest BCUT2D eigenvalue weighted by molar-refractivity contribution is -0.222. The predicted octanol–water partition coefficient (Wildman–Crippen LogP) is -0.383. The van der Waals surface area contributed by atoms with Crippen molar-refractivity contribution in [3.63, 3.8) is 0 Å². The van der Waals surface area contributed by atoms with Crippen molar-refractivity contribution in [2.75, 3.05) is 19.8 Å². The summed E-state index contributed by atoms with van der Waals surface area (Å²) in [7, 11) is 0. The molecule has 1 aliphatic heterocycles. The van der Waals surface area contributed by atoms with E-state index in [9.17, 15) is 4.89 Å². The van der Waals surface area contributed by atoms with Crippen LogP contribution in [0.1, 0.15) is 6.92 Å². The van der Waals surface area contributed by atoms with Crippen LogP contribution in [0.3, 0.4) is 0 Å². The standard InChI is InChI=1S/C5H11O4PS/c1-5(2-6)3-8-10(7,11)9-4-5/h6H,2-4H2,1H3,(H,7,11)/p-1. The third-order valence-corrected chi connectivity index (χ3v) is 3.05. The summed E-state index contributed by atoms with van der Waals surface area (Å²) in [5.74, 6) is 0. The lowest BCUT2D eigenvalue weighted by Gasteiger charge is -2.40. The Morgan fingerprint density at radius 2 is 2.09 bits per heavy atom. The van der Waals surface area contributed by atoms with Gasteiger partial charge in [0.1, 0.15) is 6.72 Å². The molecule has 11 heavy (non-hydrogen) atoms. The second-order valence-electron chi connectivity index (χ2n) is 2.96. The van der Waals surface area contributed by atoms with Gasteiger partial charge in [0, 0.05) is 5.41 Å². The van der Waals surface area contributed by atoms with Crippen LogP contribution in [0.5, 0.6) is 0 Å². The third-order valence-electron chi connectivity index (χ3n) is 1.52. The molecular formula is C5H10O4PS-. The molecule has 0 aromatic carbocycles. The average Bonchev–Trinajstić information content (AvgIpc) is 1.97. The van der Waals surface area contributed by atoms with Crippen LogP contribution in [0, 0.1) is 5.41 Å². The van der Waals surface area contributed by atoms with Crippen molar-refractivity contribution in [2.24, 2.45) is 5.41 Å². The number of aliphatic hydroxyl groups excluding tert-OH is 1. The molecule has 0 aromatic rings. The molecule has 66 valence electrons. The van der Waals surface area contributed by atoms with E-state index < -0.39 is 12.1 Å². The van der Waals surface area contributed by atoms with Gasteiger partial charge in [-0.2, -0.15) is 0 Å². The van der Waals surface area contributed by atoms with E-state index in [1.165, 1.54) is 0 Å². The molecule has 0 amide bonds. The molecule has 1 N–H and O–H groups in total. The molecular weight excluding hydrogens is 187 g/mol. The highest BCUT2D eigenvalue weighted by Crippen LogP contribution is 2.46.